The average molecular weight is 263 g/mol. The molecule has 1 saturated heterocycles. The van der Waals surface area contributed by atoms with Crippen LogP contribution in [0.3, 0.4) is 0 Å². The van der Waals surface area contributed by atoms with Crippen molar-refractivity contribution in [3.63, 3.8) is 0 Å². The fourth-order valence-electron chi connectivity index (χ4n) is 2.34. The molecule has 1 aliphatic heterocycles. The minimum atomic E-state index is -0.146. The molecule has 2 heterocycles. The maximum atomic E-state index is 12.0. The number of nitrogens with zero attached hydrogens (tertiary/aromatic N) is 2. The van der Waals surface area contributed by atoms with E-state index in [1.807, 2.05) is 0 Å². The number of nitrogens with one attached hydrogen (secondary N) is 2. The Morgan fingerprint density at radius 2 is 2.47 bits per heavy atom. The second-order valence-electron chi connectivity index (χ2n) is 4.83. The van der Waals surface area contributed by atoms with E-state index >= 15 is 0 Å². The van der Waals surface area contributed by atoms with Crippen LogP contribution in [-0.2, 0) is 0 Å². The molecule has 104 valence electrons. The Morgan fingerprint density at radius 1 is 1.63 bits per heavy atom. The van der Waals surface area contributed by atoms with Crippen molar-refractivity contribution in [1.29, 1.82) is 0 Å². The molecule has 6 heteroatoms. The van der Waals surface area contributed by atoms with E-state index < -0.39 is 0 Å². The minimum absolute atomic E-state index is 0.146. The van der Waals surface area contributed by atoms with Gasteiger partial charge in [-0.05, 0) is 37.6 Å². The van der Waals surface area contributed by atoms with Gasteiger partial charge in [-0.2, -0.15) is 0 Å². The predicted molar refractivity (Wildman–Crippen MR) is 74.6 cm³/mol. The van der Waals surface area contributed by atoms with E-state index in [1.54, 1.807) is 18.3 Å². The molecule has 0 aliphatic carbocycles. The summed E-state index contributed by atoms with van der Waals surface area (Å²) in [5, 5.41) is 2.94. The summed E-state index contributed by atoms with van der Waals surface area (Å²) in [6.45, 7) is 6.14. The lowest BCUT2D eigenvalue weighted by molar-refractivity contribution is 0.0942. The van der Waals surface area contributed by atoms with Crippen molar-refractivity contribution < 1.29 is 4.79 Å². The van der Waals surface area contributed by atoms with E-state index in [4.69, 9.17) is 5.84 Å². The Balaban J connectivity index is 1.84. The lowest BCUT2D eigenvalue weighted by Gasteiger charge is -2.13. The molecule has 0 radical (unpaired) electrons. The van der Waals surface area contributed by atoms with E-state index in [2.05, 4.69) is 27.6 Å². The van der Waals surface area contributed by atoms with Gasteiger partial charge in [-0.3, -0.25) is 15.6 Å². The normalized spacial score (nSPS) is 19.4. The summed E-state index contributed by atoms with van der Waals surface area (Å²) in [7, 11) is 0. The SMILES string of the molecule is CCN1CCC(CNC(=O)c2cc(NN)ccn2)C1. The van der Waals surface area contributed by atoms with Gasteiger partial charge in [-0.1, -0.05) is 6.92 Å². The molecular formula is C13H21N5O. The van der Waals surface area contributed by atoms with Gasteiger partial charge in [-0.25, -0.2) is 0 Å². The Kier molecular flexibility index (Phi) is 4.70. The van der Waals surface area contributed by atoms with Crippen LogP contribution in [-0.4, -0.2) is 42.0 Å². The number of pyridine rings is 1. The highest BCUT2D eigenvalue weighted by atomic mass is 16.1. The zero-order chi connectivity index (χ0) is 13.7. The summed E-state index contributed by atoms with van der Waals surface area (Å²) in [5.74, 6) is 5.70. The zero-order valence-corrected chi connectivity index (χ0v) is 11.2. The molecule has 0 bridgehead atoms. The van der Waals surface area contributed by atoms with Crippen LogP contribution in [0.15, 0.2) is 18.3 Å². The van der Waals surface area contributed by atoms with Gasteiger partial charge < -0.3 is 15.6 Å². The number of rotatable bonds is 5. The molecule has 1 atom stereocenters. The smallest absolute Gasteiger partial charge is 0.269 e. The number of amides is 1. The van der Waals surface area contributed by atoms with Gasteiger partial charge in [0.15, 0.2) is 0 Å². The quantitative estimate of drug-likeness (QED) is 0.530. The minimum Gasteiger partial charge on any atom is -0.350 e. The summed E-state index contributed by atoms with van der Waals surface area (Å²) in [5.41, 5.74) is 3.57. The number of hydrogen-bond donors (Lipinski definition) is 3. The molecule has 1 amide bonds. The summed E-state index contributed by atoms with van der Waals surface area (Å²) >= 11 is 0. The van der Waals surface area contributed by atoms with Crippen molar-refractivity contribution in [2.75, 3.05) is 31.6 Å². The fraction of sp³-hybridized carbons (Fsp3) is 0.538. The van der Waals surface area contributed by atoms with Crippen LogP contribution < -0.4 is 16.6 Å². The van der Waals surface area contributed by atoms with E-state index in [9.17, 15) is 4.79 Å². The van der Waals surface area contributed by atoms with E-state index in [1.165, 1.54) is 0 Å². The molecule has 0 aromatic carbocycles. The monoisotopic (exact) mass is 263 g/mol. The Labute approximate surface area is 113 Å². The lowest BCUT2D eigenvalue weighted by atomic mass is 10.1. The maximum Gasteiger partial charge on any atom is 0.269 e. The van der Waals surface area contributed by atoms with Crippen molar-refractivity contribution in [1.82, 2.24) is 15.2 Å². The Morgan fingerprint density at radius 3 is 3.16 bits per heavy atom. The van der Waals surface area contributed by atoms with Gasteiger partial charge >= 0.3 is 0 Å². The fourth-order valence-corrected chi connectivity index (χ4v) is 2.34. The van der Waals surface area contributed by atoms with Gasteiger partial charge in [0.2, 0.25) is 0 Å². The van der Waals surface area contributed by atoms with Gasteiger partial charge in [0.25, 0.3) is 5.91 Å². The predicted octanol–water partition coefficient (Wildman–Crippen LogP) is 0.439. The first kappa shape index (κ1) is 13.8. The molecule has 1 fully saturated rings. The van der Waals surface area contributed by atoms with Crippen LogP contribution in [0.25, 0.3) is 0 Å². The topological polar surface area (TPSA) is 83.3 Å². The molecule has 1 aromatic heterocycles. The second kappa shape index (κ2) is 6.49. The number of hydrogen-bond acceptors (Lipinski definition) is 5. The first-order chi connectivity index (χ1) is 9.22. The van der Waals surface area contributed by atoms with Crippen LogP contribution in [0.1, 0.15) is 23.8 Å². The summed E-state index contributed by atoms with van der Waals surface area (Å²) in [6, 6.07) is 3.36. The van der Waals surface area contributed by atoms with Crippen molar-refractivity contribution in [2.45, 2.75) is 13.3 Å². The van der Waals surface area contributed by atoms with Gasteiger partial charge in [0.1, 0.15) is 5.69 Å². The molecule has 2 rings (SSSR count). The van der Waals surface area contributed by atoms with Gasteiger partial charge in [0.05, 0.1) is 5.69 Å². The number of hydrazine groups is 1. The number of nitrogens with two attached hydrogens (primary N) is 1. The Bertz CT molecular complexity index is 437. The average Bonchev–Trinajstić information content (AvgIpc) is 2.93. The van der Waals surface area contributed by atoms with Gasteiger partial charge in [-0.15, -0.1) is 0 Å². The molecule has 4 N–H and O–H groups in total. The number of aromatic nitrogens is 1. The standard InChI is InChI=1S/C13H21N5O/c1-2-18-6-4-10(9-18)8-16-13(19)12-7-11(17-14)3-5-15-12/h3,5,7,10H,2,4,6,8-9,14H2,1H3,(H,15,17)(H,16,19). The third-order valence-corrected chi connectivity index (χ3v) is 3.53. The van der Waals surface area contributed by atoms with Crippen LogP contribution in [0.5, 0.6) is 0 Å². The number of nitrogen functional groups attached to an aromatic ring is 1. The number of carbonyl (C=O) groups excluding carboxylic acids is 1. The summed E-state index contributed by atoms with van der Waals surface area (Å²) in [6.07, 6.45) is 2.71. The largest absolute Gasteiger partial charge is 0.350 e. The highest BCUT2D eigenvalue weighted by Crippen LogP contribution is 2.14. The maximum absolute atomic E-state index is 12.0. The second-order valence-corrected chi connectivity index (χ2v) is 4.83. The highest BCUT2D eigenvalue weighted by molar-refractivity contribution is 5.93. The molecule has 1 unspecified atom stereocenters. The van der Waals surface area contributed by atoms with Gasteiger partial charge in [0, 0.05) is 19.3 Å². The molecule has 0 saturated carbocycles. The number of anilines is 1. The van der Waals surface area contributed by atoms with Crippen molar-refractivity contribution in [3.8, 4) is 0 Å². The number of likely N-dealkylation sites (tertiary alicyclic amines) is 1. The molecule has 1 aromatic rings. The molecule has 0 spiro atoms. The number of carbonyl (C=O) groups is 1. The van der Waals surface area contributed by atoms with Crippen LogP contribution >= 0.6 is 0 Å². The van der Waals surface area contributed by atoms with E-state index in [-0.39, 0.29) is 5.91 Å². The molecular weight excluding hydrogens is 242 g/mol. The third kappa shape index (κ3) is 3.65. The highest BCUT2D eigenvalue weighted by Gasteiger charge is 2.21. The zero-order valence-electron chi connectivity index (χ0n) is 11.2. The van der Waals surface area contributed by atoms with Crippen LogP contribution in [0.2, 0.25) is 0 Å². The lowest BCUT2D eigenvalue weighted by Crippen LogP contribution is -2.31. The summed E-state index contributed by atoms with van der Waals surface area (Å²) in [4.78, 5) is 18.4. The van der Waals surface area contributed by atoms with E-state index in [0.29, 0.717) is 23.8 Å². The van der Waals surface area contributed by atoms with Crippen LogP contribution in [0, 0.1) is 5.92 Å². The summed E-state index contributed by atoms with van der Waals surface area (Å²) < 4.78 is 0. The van der Waals surface area contributed by atoms with Crippen LogP contribution in [0.4, 0.5) is 5.69 Å². The third-order valence-electron chi connectivity index (χ3n) is 3.53. The molecule has 6 nitrogen and oxygen atoms in total. The van der Waals surface area contributed by atoms with E-state index in [0.717, 1.165) is 26.1 Å². The first-order valence-corrected chi connectivity index (χ1v) is 6.66. The molecule has 1 aliphatic rings. The molecule has 19 heavy (non-hydrogen) atoms. The first-order valence-electron chi connectivity index (χ1n) is 6.66. The Hall–Kier alpha value is -1.66. The van der Waals surface area contributed by atoms with Crippen molar-refractivity contribution in [3.05, 3.63) is 24.0 Å². The van der Waals surface area contributed by atoms with Crippen molar-refractivity contribution >= 4 is 11.6 Å². The van der Waals surface area contributed by atoms with Crippen molar-refractivity contribution in [2.24, 2.45) is 11.8 Å².